The van der Waals surface area contributed by atoms with E-state index >= 15 is 0 Å². The minimum Gasteiger partial charge on any atom is -0.375 e. The Morgan fingerprint density at radius 3 is 2.57 bits per heavy atom. The largest absolute Gasteiger partial charge is 0.375 e. The molecule has 30 heavy (non-hydrogen) atoms. The maximum Gasteiger partial charge on any atom is 0.184 e. The summed E-state index contributed by atoms with van der Waals surface area (Å²) in [6, 6.07) is 13.3. The van der Waals surface area contributed by atoms with Gasteiger partial charge in [-0.3, -0.25) is 10.3 Å². The summed E-state index contributed by atoms with van der Waals surface area (Å²) in [6.07, 6.45) is 10.6. The highest BCUT2D eigenvalue weighted by molar-refractivity contribution is 7.80. The molecule has 0 atom stereocenters. The fourth-order valence-corrected chi connectivity index (χ4v) is 4.53. The molecule has 2 aliphatic rings. The Labute approximate surface area is 184 Å². The van der Waals surface area contributed by atoms with Crippen LogP contribution in [0.4, 0.5) is 5.82 Å². The van der Waals surface area contributed by atoms with Crippen molar-refractivity contribution < 1.29 is 0 Å². The molecule has 3 N–H and O–H groups in total. The average Bonchev–Trinajstić information content (AvgIpc) is 2.80. The van der Waals surface area contributed by atoms with Crippen LogP contribution in [0.25, 0.3) is 11.1 Å². The van der Waals surface area contributed by atoms with Crippen LogP contribution >= 0.6 is 12.2 Å². The van der Waals surface area contributed by atoms with Crippen LogP contribution in [0.2, 0.25) is 0 Å². The molecule has 7 heteroatoms. The summed E-state index contributed by atoms with van der Waals surface area (Å²) in [4.78, 5) is 9.87. The highest BCUT2D eigenvalue weighted by Crippen LogP contribution is 2.25. The molecule has 0 spiro atoms. The molecular weight excluding hydrogens is 392 g/mol. The van der Waals surface area contributed by atoms with Crippen molar-refractivity contribution in [2.75, 3.05) is 31.1 Å². The molecule has 2 aromatic rings. The third-order valence-electron chi connectivity index (χ3n) is 6.09. The molecule has 158 valence electrons. The van der Waals surface area contributed by atoms with Crippen LogP contribution in [0.15, 0.2) is 47.7 Å². The number of anilines is 1. The van der Waals surface area contributed by atoms with E-state index in [1.165, 1.54) is 32.1 Å². The van der Waals surface area contributed by atoms with Gasteiger partial charge < -0.3 is 10.6 Å². The van der Waals surface area contributed by atoms with Crippen molar-refractivity contribution in [2.24, 2.45) is 10.8 Å². The molecule has 1 saturated heterocycles. The molecule has 0 bridgehead atoms. The Kier molecular flexibility index (Phi) is 6.92. The lowest BCUT2D eigenvalue weighted by molar-refractivity contribution is 0.147. The zero-order chi connectivity index (χ0) is 20.8. The Balaban J connectivity index is 1.36. The van der Waals surface area contributed by atoms with Crippen LogP contribution in [0.5, 0.6) is 0 Å². The van der Waals surface area contributed by atoms with Crippen LogP contribution in [0.1, 0.15) is 37.7 Å². The normalized spacial score (nSPS) is 18.6. The Morgan fingerprint density at radius 2 is 1.87 bits per heavy atom. The molecular formula is C23H30N6S. The van der Waals surface area contributed by atoms with Gasteiger partial charge in [0.15, 0.2) is 5.11 Å². The second-order valence-electron chi connectivity index (χ2n) is 8.08. The SMILES string of the molecule is NC(=S)N/N=C/c1cccc(-c2ccc(N3CCN(C4CCCCC4)CC3)nc2)c1. The standard InChI is InChI=1S/C23H30N6S/c24-23(30)27-26-16-18-5-4-6-19(15-18)20-9-10-22(25-17-20)29-13-11-28(12-14-29)21-7-2-1-3-8-21/h4-6,9-10,15-17,21H,1-3,7-8,11-14H2,(H3,24,27,30)/b26-16+. The van der Waals surface area contributed by atoms with E-state index in [0.717, 1.165) is 54.7 Å². The van der Waals surface area contributed by atoms with Crippen molar-refractivity contribution in [1.29, 1.82) is 0 Å². The number of hydrogen-bond acceptors (Lipinski definition) is 5. The second kappa shape index (κ2) is 10.00. The molecule has 1 aromatic carbocycles. The zero-order valence-electron chi connectivity index (χ0n) is 17.3. The highest BCUT2D eigenvalue weighted by atomic mass is 32.1. The van der Waals surface area contributed by atoms with E-state index in [1.807, 2.05) is 18.3 Å². The van der Waals surface area contributed by atoms with Crippen molar-refractivity contribution in [1.82, 2.24) is 15.3 Å². The predicted molar refractivity (Wildman–Crippen MR) is 128 cm³/mol. The van der Waals surface area contributed by atoms with Gasteiger partial charge in [0.1, 0.15) is 5.82 Å². The van der Waals surface area contributed by atoms with E-state index in [4.69, 9.17) is 22.9 Å². The third-order valence-corrected chi connectivity index (χ3v) is 6.18. The van der Waals surface area contributed by atoms with Gasteiger partial charge >= 0.3 is 0 Å². The Bertz CT molecular complexity index is 868. The van der Waals surface area contributed by atoms with Crippen LogP contribution in [-0.2, 0) is 0 Å². The van der Waals surface area contributed by atoms with Crippen LogP contribution < -0.4 is 16.1 Å². The van der Waals surface area contributed by atoms with Gasteiger partial charge in [-0.05, 0) is 54.4 Å². The first-order valence-corrected chi connectivity index (χ1v) is 11.2. The molecule has 4 rings (SSSR count). The lowest BCUT2D eigenvalue weighted by atomic mass is 9.94. The number of hydrazone groups is 1. The van der Waals surface area contributed by atoms with Gasteiger partial charge in [-0.25, -0.2) is 4.98 Å². The van der Waals surface area contributed by atoms with E-state index in [-0.39, 0.29) is 5.11 Å². The Morgan fingerprint density at radius 1 is 1.07 bits per heavy atom. The van der Waals surface area contributed by atoms with Gasteiger partial charge in [0, 0.05) is 44.0 Å². The first kappa shape index (κ1) is 20.8. The first-order chi connectivity index (χ1) is 14.7. The van der Waals surface area contributed by atoms with Gasteiger partial charge in [0.2, 0.25) is 0 Å². The highest BCUT2D eigenvalue weighted by Gasteiger charge is 2.25. The molecule has 0 unspecified atom stereocenters. The monoisotopic (exact) mass is 422 g/mol. The number of pyridine rings is 1. The van der Waals surface area contributed by atoms with E-state index in [9.17, 15) is 0 Å². The van der Waals surface area contributed by atoms with E-state index in [0.29, 0.717) is 0 Å². The van der Waals surface area contributed by atoms with E-state index in [2.05, 4.69) is 44.6 Å². The van der Waals surface area contributed by atoms with Crippen LogP contribution in [-0.4, -0.2) is 53.4 Å². The molecule has 2 fully saturated rings. The summed E-state index contributed by atoms with van der Waals surface area (Å²) in [5.41, 5.74) is 11.1. The fourth-order valence-electron chi connectivity index (χ4n) is 4.48. The Hall–Kier alpha value is -2.51. The van der Waals surface area contributed by atoms with Crippen molar-refractivity contribution in [3.63, 3.8) is 0 Å². The molecule has 1 aromatic heterocycles. The molecule has 1 saturated carbocycles. The molecule has 1 aliphatic carbocycles. The summed E-state index contributed by atoms with van der Waals surface area (Å²) in [5.74, 6) is 1.07. The number of nitrogens with two attached hydrogens (primary N) is 1. The second-order valence-corrected chi connectivity index (χ2v) is 8.52. The third kappa shape index (κ3) is 5.34. The van der Waals surface area contributed by atoms with Crippen molar-refractivity contribution in [3.8, 4) is 11.1 Å². The number of nitrogens with zero attached hydrogens (tertiary/aromatic N) is 4. The van der Waals surface area contributed by atoms with Crippen molar-refractivity contribution in [2.45, 2.75) is 38.1 Å². The zero-order valence-corrected chi connectivity index (χ0v) is 18.2. The number of rotatable bonds is 5. The lowest BCUT2D eigenvalue weighted by Gasteiger charge is -2.41. The summed E-state index contributed by atoms with van der Waals surface area (Å²) in [7, 11) is 0. The number of aromatic nitrogens is 1. The summed E-state index contributed by atoms with van der Waals surface area (Å²) in [6.45, 7) is 4.42. The summed E-state index contributed by atoms with van der Waals surface area (Å²) >= 11 is 4.76. The van der Waals surface area contributed by atoms with Crippen LogP contribution in [0.3, 0.4) is 0 Å². The van der Waals surface area contributed by atoms with Gasteiger partial charge in [-0.2, -0.15) is 5.10 Å². The van der Waals surface area contributed by atoms with Gasteiger partial charge in [0.25, 0.3) is 0 Å². The van der Waals surface area contributed by atoms with E-state index < -0.39 is 0 Å². The van der Waals surface area contributed by atoms with Crippen molar-refractivity contribution in [3.05, 3.63) is 48.2 Å². The minimum atomic E-state index is 0.154. The molecule has 0 amide bonds. The maximum atomic E-state index is 5.39. The average molecular weight is 423 g/mol. The topological polar surface area (TPSA) is 69.8 Å². The molecule has 0 radical (unpaired) electrons. The summed E-state index contributed by atoms with van der Waals surface area (Å²) in [5, 5.41) is 4.18. The fraction of sp³-hybridized carbons (Fsp3) is 0.435. The quantitative estimate of drug-likeness (QED) is 0.437. The van der Waals surface area contributed by atoms with Gasteiger partial charge in [0.05, 0.1) is 6.21 Å². The number of hydrogen-bond donors (Lipinski definition) is 2. The van der Waals surface area contributed by atoms with Crippen LogP contribution in [0, 0.1) is 0 Å². The van der Waals surface area contributed by atoms with E-state index in [1.54, 1.807) is 6.21 Å². The number of nitrogens with one attached hydrogen (secondary N) is 1. The van der Waals surface area contributed by atoms with Gasteiger partial charge in [-0.15, -0.1) is 0 Å². The first-order valence-electron chi connectivity index (χ1n) is 10.8. The lowest BCUT2D eigenvalue weighted by Crippen LogP contribution is -2.51. The number of piperazine rings is 1. The number of benzene rings is 1. The van der Waals surface area contributed by atoms with Gasteiger partial charge in [-0.1, -0.05) is 37.5 Å². The summed E-state index contributed by atoms with van der Waals surface area (Å²) < 4.78 is 0. The smallest absolute Gasteiger partial charge is 0.184 e. The predicted octanol–water partition coefficient (Wildman–Crippen LogP) is 3.37. The van der Waals surface area contributed by atoms with Crippen molar-refractivity contribution >= 4 is 29.4 Å². The molecule has 2 heterocycles. The number of thiocarbonyl (C=S) groups is 1. The molecule has 6 nitrogen and oxygen atoms in total. The molecule has 1 aliphatic heterocycles. The maximum absolute atomic E-state index is 5.39. The minimum absolute atomic E-state index is 0.154.